The van der Waals surface area contributed by atoms with Crippen LogP contribution in [0.5, 0.6) is 0 Å². The lowest BCUT2D eigenvalue weighted by Crippen LogP contribution is -2.38. The van der Waals surface area contributed by atoms with Crippen molar-refractivity contribution >= 4 is 21.8 Å². The maximum atomic E-state index is 12.1. The lowest BCUT2D eigenvalue weighted by molar-refractivity contribution is -0.122. The molecule has 0 aliphatic heterocycles. The van der Waals surface area contributed by atoms with Crippen LogP contribution in [0.15, 0.2) is 28.7 Å². The summed E-state index contributed by atoms with van der Waals surface area (Å²) >= 11 is 3.42. The minimum absolute atomic E-state index is 0.0729. The molecule has 2 rings (SSSR count). The van der Waals surface area contributed by atoms with Crippen molar-refractivity contribution in [3.8, 4) is 0 Å². The fourth-order valence-electron chi connectivity index (χ4n) is 3.06. The maximum absolute atomic E-state index is 12.1. The fourth-order valence-corrected chi connectivity index (χ4v) is 3.33. The molecule has 0 saturated heterocycles. The van der Waals surface area contributed by atoms with Crippen LogP contribution in [0.25, 0.3) is 0 Å². The van der Waals surface area contributed by atoms with Crippen molar-refractivity contribution in [1.29, 1.82) is 0 Å². The van der Waals surface area contributed by atoms with Gasteiger partial charge >= 0.3 is 0 Å². The molecule has 0 spiro atoms. The molecule has 0 heterocycles. The largest absolute Gasteiger partial charge is 0.396 e. The quantitative estimate of drug-likeness (QED) is 0.820. The number of aliphatic hydroxyl groups excluding tert-OH is 1. The van der Waals surface area contributed by atoms with Gasteiger partial charge in [0, 0.05) is 22.9 Å². The van der Waals surface area contributed by atoms with Crippen molar-refractivity contribution in [2.75, 3.05) is 13.2 Å². The van der Waals surface area contributed by atoms with Crippen molar-refractivity contribution in [3.63, 3.8) is 0 Å². The van der Waals surface area contributed by atoms with Gasteiger partial charge in [0.05, 0.1) is 6.61 Å². The predicted molar refractivity (Wildman–Crippen MR) is 88.2 cm³/mol. The van der Waals surface area contributed by atoms with Crippen LogP contribution < -0.4 is 5.32 Å². The van der Waals surface area contributed by atoms with E-state index >= 15 is 0 Å². The van der Waals surface area contributed by atoms with E-state index in [0.29, 0.717) is 13.0 Å². The van der Waals surface area contributed by atoms with Crippen LogP contribution in [0.3, 0.4) is 0 Å². The number of benzene rings is 1. The molecule has 1 fully saturated rings. The molecule has 1 amide bonds. The molecule has 1 aromatic rings. The lowest BCUT2D eigenvalue weighted by atomic mass is 9.87. The highest BCUT2D eigenvalue weighted by molar-refractivity contribution is 9.10. The molecular weight excluding hydrogens is 330 g/mol. The predicted octanol–water partition coefficient (Wildman–Crippen LogP) is 3.61. The molecule has 116 valence electrons. The third kappa shape index (κ3) is 4.55. The van der Waals surface area contributed by atoms with Crippen LogP contribution in [0.4, 0.5) is 0 Å². The van der Waals surface area contributed by atoms with Gasteiger partial charge in [-0.25, -0.2) is 0 Å². The second-order valence-corrected chi connectivity index (χ2v) is 7.21. The number of amides is 1. The zero-order valence-electron chi connectivity index (χ0n) is 12.6. The summed E-state index contributed by atoms with van der Waals surface area (Å²) in [5, 5.41) is 12.6. The van der Waals surface area contributed by atoms with Crippen LogP contribution >= 0.6 is 15.9 Å². The van der Waals surface area contributed by atoms with E-state index in [9.17, 15) is 9.90 Å². The van der Waals surface area contributed by atoms with Crippen molar-refractivity contribution in [2.24, 2.45) is 5.41 Å². The standard InChI is InChI=1S/C17H24BrNO2/c1-13(14-4-6-15(18)7-5-14)10-16(21)19-11-17(12-20)8-2-3-9-17/h4-7,13,20H,2-3,8-12H2,1H3,(H,19,21). The van der Waals surface area contributed by atoms with Gasteiger partial charge in [-0.15, -0.1) is 0 Å². The molecule has 2 N–H and O–H groups in total. The number of carbonyl (C=O) groups is 1. The summed E-state index contributed by atoms with van der Waals surface area (Å²) in [6.45, 7) is 2.85. The first-order valence-electron chi connectivity index (χ1n) is 7.68. The molecule has 3 nitrogen and oxygen atoms in total. The summed E-state index contributed by atoms with van der Waals surface area (Å²) < 4.78 is 1.05. The Bertz CT molecular complexity index is 466. The molecule has 1 aliphatic carbocycles. The fraction of sp³-hybridized carbons (Fsp3) is 0.588. The Morgan fingerprint density at radius 3 is 2.52 bits per heavy atom. The van der Waals surface area contributed by atoms with Gasteiger partial charge in [0.15, 0.2) is 0 Å². The summed E-state index contributed by atoms with van der Waals surface area (Å²) in [6.07, 6.45) is 4.85. The third-order valence-electron chi connectivity index (χ3n) is 4.59. The second-order valence-electron chi connectivity index (χ2n) is 6.30. The smallest absolute Gasteiger partial charge is 0.220 e. The molecule has 1 unspecified atom stereocenters. The minimum atomic E-state index is -0.0729. The van der Waals surface area contributed by atoms with Crippen LogP contribution in [0.2, 0.25) is 0 Å². The first kappa shape index (κ1) is 16.5. The Kier molecular flexibility index (Phi) is 5.82. The molecule has 0 aromatic heterocycles. The highest BCUT2D eigenvalue weighted by atomic mass is 79.9. The van der Waals surface area contributed by atoms with E-state index in [1.54, 1.807) is 0 Å². The summed E-state index contributed by atoms with van der Waals surface area (Å²) in [4.78, 5) is 12.1. The summed E-state index contributed by atoms with van der Waals surface area (Å²) in [5.74, 6) is 0.275. The van der Waals surface area contributed by atoms with Gasteiger partial charge < -0.3 is 10.4 Å². The average molecular weight is 354 g/mol. The first-order chi connectivity index (χ1) is 10.0. The number of hydrogen-bond acceptors (Lipinski definition) is 2. The number of carbonyl (C=O) groups excluding carboxylic acids is 1. The van der Waals surface area contributed by atoms with E-state index in [1.807, 2.05) is 24.3 Å². The normalized spacial score (nSPS) is 18.4. The van der Waals surface area contributed by atoms with Gasteiger partial charge in [-0.05, 0) is 36.5 Å². The Morgan fingerprint density at radius 2 is 1.95 bits per heavy atom. The summed E-state index contributed by atoms with van der Waals surface area (Å²) in [7, 11) is 0. The Balaban J connectivity index is 1.82. The van der Waals surface area contributed by atoms with E-state index in [1.165, 1.54) is 5.56 Å². The van der Waals surface area contributed by atoms with E-state index in [2.05, 4.69) is 28.2 Å². The van der Waals surface area contributed by atoms with Crippen LogP contribution in [-0.2, 0) is 4.79 Å². The zero-order valence-corrected chi connectivity index (χ0v) is 14.2. The summed E-state index contributed by atoms with van der Waals surface area (Å²) in [5.41, 5.74) is 1.10. The zero-order chi connectivity index (χ0) is 15.3. The Hall–Kier alpha value is -0.870. The van der Waals surface area contributed by atoms with Gasteiger partial charge in [0.1, 0.15) is 0 Å². The molecular formula is C17H24BrNO2. The van der Waals surface area contributed by atoms with E-state index in [-0.39, 0.29) is 23.8 Å². The first-order valence-corrected chi connectivity index (χ1v) is 8.47. The van der Waals surface area contributed by atoms with Gasteiger partial charge in [-0.2, -0.15) is 0 Å². The van der Waals surface area contributed by atoms with Gasteiger partial charge in [0.2, 0.25) is 5.91 Å². The molecule has 4 heteroatoms. The highest BCUT2D eigenvalue weighted by Gasteiger charge is 2.33. The average Bonchev–Trinajstić information content (AvgIpc) is 2.95. The molecule has 0 bridgehead atoms. The Morgan fingerprint density at radius 1 is 1.33 bits per heavy atom. The number of rotatable bonds is 6. The highest BCUT2D eigenvalue weighted by Crippen LogP contribution is 2.36. The molecule has 1 aromatic carbocycles. The number of halogens is 1. The molecule has 1 saturated carbocycles. The lowest BCUT2D eigenvalue weighted by Gasteiger charge is -2.26. The van der Waals surface area contributed by atoms with E-state index < -0.39 is 0 Å². The van der Waals surface area contributed by atoms with Gasteiger partial charge in [-0.1, -0.05) is 47.8 Å². The summed E-state index contributed by atoms with van der Waals surface area (Å²) in [6, 6.07) is 8.11. The van der Waals surface area contributed by atoms with Gasteiger partial charge in [0.25, 0.3) is 0 Å². The molecule has 1 aliphatic rings. The topological polar surface area (TPSA) is 49.3 Å². The van der Waals surface area contributed by atoms with Crippen molar-refractivity contribution in [3.05, 3.63) is 34.3 Å². The minimum Gasteiger partial charge on any atom is -0.396 e. The monoisotopic (exact) mass is 353 g/mol. The van der Waals surface area contributed by atoms with Crippen LogP contribution in [-0.4, -0.2) is 24.2 Å². The molecule has 21 heavy (non-hydrogen) atoms. The third-order valence-corrected chi connectivity index (χ3v) is 5.12. The van der Waals surface area contributed by atoms with E-state index in [0.717, 1.165) is 30.2 Å². The SMILES string of the molecule is CC(CC(=O)NCC1(CO)CCCC1)c1ccc(Br)cc1. The van der Waals surface area contributed by atoms with Crippen LogP contribution in [0, 0.1) is 5.41 Å². The van der Waals surface area contributed by atoms with E-state index in [4.69, 9.17) is 0 Å². The van der Waals surface area contributed by atoms with Crippen LogP contribution in [0.1, 0.15) is 50.5 Å². The van der Waals surface area contributed by atoms with Crippen molar-refractivity contribution in [2.45, 2.75) is 44.9 Å². The molecule has 1 atom stereocenters. The Labute approximate surface area is 135 Å². The second kappa shape index (κ2) is 7.41. The van der Waals surface area contributed by atoms with Crippen molar-refractivity contribution in [1.82, 2.24) is 5.32 Å². The number of nitrogens with one attached hydrogen (secondary N) is 1. The van der Waals surface area contributed by atoms with Gasteiger partial charge in [-0.3, -0.25) is 4.79 Å². The number of hydrogen-bond donors (Lipinski definition) is 2. The molecule has 0 radical (unpaired) electrons. The van der Waals surface area contributed by atoms with Crippen molar-refractivity contribution < 1.29 is 9.90 Å². The maximum Gasteiger partial charge on any atom is 0.220 e. The number of aliphatic hydroxyl groups is 1.